The highest BCUT2D eigenvalue weighted by Crippen LogP contribution is 2.40. The lowest BCUT2D eigenvalue weighted by molar-refractivity contribution is 0.248. The van der Waals surface area contributed by atoms with Crippen LogP contribution in [-0.2, 0) is 4.53 Å². The van der Waals surface area contributed by atoms with Crippen molar-refractivity contribution in [2.75, 3.05) is 0 Å². The first kappa shape index (κ1) is 15.4. The molecule has 0 unspecified atom stereocenters. The molecule has 0 aliphatic carbocycles. The Bertz CT molecular complexity index is 184. The average molecular weight is 247 g/mol. The summed E-state index contributed by atoms with van der Waals surface area (Å²) < 4.78 is 5.88. The molecule has 0 heterocycles. The molecule has 0 aromatic heterocycles. The van der Waals surface area contributed by atoms with E-state index in [0.29, 0.717) is 10.1 Å². The molecule has 0 aromatic rings. The molecule has 1 radical (unpaired) electrons. The molecule has 0 rings (SSSR count). The van der Waals surface area contributed by atoms with Gasteiger partial charge in [-0.1, -0.05) is 41.5 Å². The lowest BCUT2D eigenvalue weighted by Gasteiger charge is -2.39. The summed E-state index contributed by atoms with van der Waals surface area (Å²) >= 11 is 0. The van der Waals surface area contributed by atoms with E-state index < -0.39 is 17.3 Å². The molecule has 0 aliphatic rings. The molecule has 0 spiro atoms. The molecule has 1 N–H and O–H groups in total. The molecule has 0 fully saturated rings. The summed E-state index contributed by atoms with van der Waals surface area (Å²) in [5.74, 6) is 0. The quantitative estimate of drug-likeness (QED) is 0.602. The Balaban J connectivity index is 4.56. The predicted octanol–water partition coefficient (Wildman–Crippen LogP) is 3.93. The summed E-state index contributed by atoms with van der Waals surface area (Å²) in [6.45, 7) is 20.4. The van der Waals surface area contributed by atoms with Crippen molar-refractivity contribution in [3.8, 4) is 0 Å². The van der Waals surface area contributed by atoms with Crippen LogP contribution in [0.2, 0.25) is 29.7 Å². The fourth-order valence-electron chi connectivity index (χ4n) is 1.64. The van der Waals surface area contributed by atoms with Crippen LogP contribution in [0.25, 0.3) is 0 Å². The smallest absolute Gasteiger partial charge is 0.210 e. The molecule has 0 saturated heterocycles. The maximum absolute atomic E-state index is 5.88. The van der Waals surface area contributed by atoms with Crippen LogP contribution in [0, 0.1) is 0 Å². The van der Waals surface area contributed by atoms with Gasteiger partial charge in [-0.05, 0) is 29.7 Å². The van der Waals surface area contributed by atoms with E-state index in [4.69, 9.17) is 4.53 Å². The maximum Gasteiger partial charge on any atom is 0.210 e. The molecule has 0 atom stereocenters. The fourth-order valence-corrected chi connectivity index (χ4v) is 6.13. The summed E-state index contributed by atoms with van der Waals surface area (Å²) in [4.78, 5) is 0. The van der Waals surface area contributed by atoms with Gasteiger partial charge in [0, 0.05) is 0 Å². The molecular formula is C11H28NOSi2. The Morgan fingerprint density at radius 1 is 0.867 bits per heavy atom. The second-order valence-corrected chi connectivity index (χ2v) is 15.6. The van der Waals surface area contributed by atoms with E-state index in [0.717, 1.165) is 0 Å². The first-order valence-electron chi connectivity index (χ1n) is 5.66. The highest BCUT2D eigenvalue weighted by Gasteiger charge is 2.38. The van der Waals surface area contributed by atoms with Gasteiger partial charge in [0.05, 0.1) is 0 Å². The highest BCUT2D eigenvalue weighted by atomic mass is 28.4. The molecule has 2 nitrogen and oxygen atoms in total. The van der Waals surface area contributed by atoms with Crippen molar-refractivity contribution in [1.29, 1.82) is 0 Å². The van der Waals surface area contributed by atoms with Crippen LogP contribution in [0.4, 0.5) is 0 Å². The van der Waals surface area contributed by atoms with Gasteiger partial charge in [-0.25, -0.2) is 5.15 Å². The first-order chi connectivity index (χ1) is 6.34. The fraction of sp³-hybridized carbons (Fsp3) is 1.00. The van der Waals surface area contributed by atoms with Gasteiger partial charge < -0.3 is 4.53 Å². The molecule has 15 heavy (non-hydrogen) atoms. The van der Waals surface area contributed by atoms with Gasteiger partial charge in [0.1, 0.15) is 0 Å². The van der Waals surface area contributed by atoms with Crippen LogP contribution in [-0.4, -0.2) is 17.3 Å². The Kier molecular flexibility index (Phi) is 4.80. The average Bonchev–Trinajstić information content (AvgIpc) is 1.75. The maximum atomic E-state index is 5.88. The van der Waals surface area contributed by atoms with E-state index in [1.807, 2.05) is 0 Å². The third-order valence-electron chi connectivity index (χ3n) is 1.96. The van der Waals surface area contributed by atoms with Gasteiger partial charge in [0.2, 0.25) is 8.32 Å². The standard InChI is InChI=1S/C11H28NOSi2/c1-10(2,3)14(11(4,5)6)12-13-15(7,8)9/h12H,1-9H3. The van der Waals surface area contributed by atoms with Crippen molar-refractivity contribution in [2.45, 2.75) is 71.3 Å². The van der Waals surface area contributed by atoms with Crippen molar-refractivity contribution in [3.05, 3.63) is 0 Å². The first-order valence-corrected chi connectivity index (χ1v) is 10.6. The highest BCUT2D eigenvalue weighted by molar-refractivity contribution is 6.71. The summed E-state index contributed by atoms with van der Waals surface area (Å²) in [5, 5.41) is 4.02. The molecule has 0 bridgehead atoms. The van der Waals surface area contributed by atoms with Gasteiger partial charge in [-0.15, -0.1) is 0 Å². The molecule has 0 amide bonds. The molecule has 4 heteroatoms. The number of nitrogens with one attached hydrogen (secondary N) is 1. The Morgan fingerprint density at radius 2 is 1.20 bits per heavy atom. The zero-order valence-corrected chi connectivity index (χ0v) is 13.9. The molecule has 91 valence electrons. The number of hydrogen-bond donors (Lipinski definition) is 1. The Hall–Kier alpha value is 0.354. The van der Waals surface area contributed by atoms with Gasteiger partial charge in [0.25, 0.3) is 0 Å². The van der Waals surface area contributed by atoms with Crippen molar-refractivity contribution in [1.82, 2.24) is 5.15 Å². The van der Waals surface area contributed by atoms with E-state index in [1.54, 1.807) is 0 Å². The van der Waals surface area contributed by atoms with Crippen molar-refractivity contribution in [3.63, 3.8) is 0 Å². The number of hydrogen-bond acceptors (Lipinski definition) is 2. The molecule has 0 aromatic carbocycles. The van der Waals surface area contributed by atoms with Crippen molar-refractivity contribution >= 4 is 17.3 Å². The Labute approximate surface area is 98.6 Å². The summed E-state index contributed by atoms with van der Waals surface area (Å²) in [6, 6.07) is 0. The van der Waals surface area contributed by atoms with Crippen LogP contribution in [0.15, 0.2) is 0 Å². The van der Waals surface area contributed by atoms with Gasteiger partial charge in [0.15, 0.2) is 8.96 Å². The Morgan fingerprint density at radius 3 is 1.40 bits per heavy atom. The third-order valence-corrected chi connectivity index (χ3v) is 6.18. The largest absolute Gasteiger partial charge is 0.353 e. The summed E-state index contributed by atoms with van der Waals surface area (Å²) in [6.07, 6.45) is 0. The monoisotopic (exact) mass is 246 g/mol. The van der Waals surface area contributed by atoms with Crippen LogP contribution in [0.5, 0.6) is 0 Å². The van der Waals surface area contributed by atoms with E-state index in [2.05, 4.69) is 66.3 Å². The minimum atomic E-state index is -1.46. The van der Waals surface area contributed by atoms with Crippen LogP contribution < -0.4 is 5.15 Å². The van der Waals surface area contributed by atoms with Gasteiger partial charge >= 0.3 is 0 Å². The topological polar surface area (TPSA) is 21.3 Å². The predicted molar refractivity (Wildman–Crippen MR) is 72.8 cm³/mol. The molecular weight excluding hydrogens is 218 g/mol. The second kappa shape index (κ2) is 4.69. The number of rotatable bonds is 3. The second-order valence-electron chi connectivity index (χ2n) is 7.19. The summed E-state index contributed by atoms with van der Waals surface area (Å²) in [7, 11) is -2.21. The van der Waals surface area contributed by atoms with Crippen LogP contribution in [0.3, 0.4) is 0 Å². The van der Waals surface area contributed by atoms with E-state index in [-0.39, 0.29) is 0 Å². The SMILES string of the molecule is CC(C)(C)[Si](NO[Si](C)(C)C)C(C)(C)C. The zero-order chi connectivity index (χ0) is 12.5. The van der Waals surface area contributed by atoms with Crippen molar-refractivity contribution < 1.29 is 4.53 Å². The van der Waals surface area contributed by atoms with Crippen LogP contribution in [0.1, 0.15) is 41.5 Å². The van der Waals surface area contributed by atoms with Crippen LogP contribution >= 0.6 is 0 Å². The van der Waals surface area contributed by atoms with Gasteiger partial charge in [-0.3, -0.25) is 0 Å². The lowest BCUT2D eigenvalue weighted by Crippen LogP contribution is -2.51. The minimum absolute atomic E-state index is 0.308. The van der Waals surface area contributed by atoms with E-state index in [1.165, 1.54) is 0 Å². The minimum Gasteiger partial charge on any atom is -0.353 e. The third kappa shape index (κ3) is 6.50. The van der Waals surface area contributed by atoms with E-state index in [9.17, 15) is 0 Å². The van der Waals surface area contributed by atoms with E-state index >= 15 is 0 Å². The summed E-state index contributed by atoms with van der Waals surface area (Å²) in [5.41, 5.74) is 0. The van der Waals surface area contributed by atoms with Crippen molar-refractivity contribution in [2.24, 2.45) is 0 Å². The molecule has 0 aliphatic heterocycles. The lowest BCUT2D eigenvalue weighted by atomic mass is 10.2. The molecule has 0 saturated carbocycles. The van der Waals surface area contributed by atoms with Gasteiger partial charge in [-0.2, -0.15) is 0 Å². The zero-order valence-electron chi connectivity index (χ0n) is 11.9. The normalized spacial score (nSPS) is 14.8.